The van der Waals surface area contributed by atoms with Gasteiger partial charge in [-0.05, 0) is 13.3 Å². The monoisotopic (exact) mass is 294 g/mol. The van der Waals surface area contributed by atoms with Crippen LogP contribution in [0.5, 0.6) is 0 Å². The number of hydrogen-bond acceptors (Lipinski definition) is 4. The summed E-state index contributed by atoms with van der Waals surface area (Å²) in [4.78, 5) is 22.5. The summed E-state index contributed by atoms with van der Waals surface area (Å²) in [5.74, 6) is -3.56. The Labute approximate surface area is 102 Å². The van der Waals surface area contributed by atoms with E-state index in [9.17, 15) is 9.59 Å². The Hall–Kier alpha value is -0.460. The maximum Gasteiger partial charge on any atom is 0.373 e. The summed E-state index contributed by atoms with van der Waals surface area (Å²) in [6.07, 6.45) is 0.705. The van der Waals surface area contributed by atoms with Crippen LogP contribution < -0.4 is 0 Å². The van der Waals surface area contributed by atoms with Crippen LogP contribution in [-0.4, -0.2) is 40.2 Å². The molecule has 1 saturated heterocycles. The van der Waals surface area contributed by atoms with E-state index in [2.05, 4.69) is 15.9 Å². The second kappa shape index (κ2) is 4.81. The molecule has 1 heterocycles. The second-order valence-corrected chi connectivity index (χ2v) is 4.93. The number of carboxylic acids is 1. The predicted octanol–water partition coefficient (Wildman–Crippen LogP) is 1.34. The zero-order chi connectivity index (χ0) is 12.4. The molecule has 5 nitrogen and oxygen atoms in total. The van der Waals surface area contributed by atoms with Crippen molar-refractivity contribution in [3.05, 3.63) is 0 Å². The molecule has 0 spiro atoms. The molecule has 1 N–H and O–H groups in total. The fourth-order valence-electron chi connectivity index (χ4n) is 1.99. The predicted molar refractivity (Wildman–Crippen MR) is 59.5 cm³/mol. The molecule has 92 valence electrons. The highest BCUT2D eigenvalue weighted by Gasteiger charge is 2.61. The van der Waals surface area contributed by atoms with Gasteiger partial charge >= 0.3 is 5.97 Å². The van der Waals surface area contributed by atoms with Gasteiger partial charge in [-0.15, -0.1) is 0 Å². The summed E-state index contributed by atoms with van der Waals surface area (Å²) in [7, 11) is 0. The van der Waals surface area contributed by atoms with Crippen LogP contribution >= 0.6 is 15.9 Å². The minimum absolute atomic E-state index is 0.298. The molecule has 1 rings (SSSR count). The van der Waals surface area contributed by atoms with Crippen molar-refractivity contribution in [1.29, 1.82) is 0 Å². The molecule has 2 unspecified atom stereocenters. The zero-order valence-corrected chi connectivity index (χ0v) is 10.9. The normalized spacial score (nSPS) is 33.9. The van der Waals surface area contributed by atoms with Crippen molar-refractivity contribution in [3.63, 3.8) is 0 Å². The van der Waals surface area contributed by atoms with Gasteiger partial charge in [-0.1, -0.05) is 22.9 Å². The van der Waals surface area contributed by atoms with Crippen molar-refractivity contribution in [1.82, 2.24) is 0 Å². The summed E-state index contributed by atoms with van der Waals surface area (Å²) < 4.78 is 9.66. The maximum absolute atomic E-state index is 11.7. The lowest BCUT2D eigenvalue weighted by molar-refractivity contribution is -0.220. The number of carboxylic acid groups (broad SMARTS) is 1. The van der Waals surface area contributed by atoms with Crippen molar-refractivity contribution < 1.29 is 24.2 Å². The Morgan fingerprint density at radius 1 is 1.50 bits per heavy atom. The molecule has 1 aliphatic rings. The molecule has 0 aromatic rings. The quantitative estimate of drug-likeness (QED) is 0.612. The molecule has 0 aromatic heterocycles. The minimum Gasteiger partial charge on any atom is -0.475 e. The van der Waals surface area contributed by atoms with Gasteiger partial charge < -0.3 is 14.6 Å². The number of carbonyl (C=O) groups excluding carboxylic acids is 1. The van der Waals surface area contributed by atoms with Crippen LogP contribution in [0.2, 0.25) is 0 Å². The van der Waals surface area contributed by atoms with Gasteiger partial charge in [0.25, 0.3) is 5.78 Å². The SMILES string of the molecule is CCOC1(CC)OCCC1(Br)C(=O)C(=O)O. The first kappa shape index (κ1) is 13.6. The first-order chi connectivity index (χ1) is 7.43. The highest BCUT2D eigenvalue weighted by Crippen LogP contribution is 2.46. The van der Waals surface area contributed by atoms with E-state index in [-0.39, 0.29) is 0 Å². The first-order valence-corrected chi connectivity index (χ1v) is 5.97. The summed E-state index contributed by atoms with van der Waals surface area (Å²) >= 11 is 3.22. The van der Waals surface area contributed by atoms with Crippen LogP contribution in [0.25, 0.3) is 0 Å². The van der Waals surface area contributed by atoms with Gasteiger partial charge in [0.15, 0.2) is 10.1 Å². The van der Waals surface area contributed by atoms with Crippen LogP contribution in [0.1, 0.15) is 26.7 Å². The van der Waals surface area contributed by atoms with Gasteiger partial charge in [0.1, 0.15) is 0 Å². The number of aliphatic carboxylic acids is 1. The molecule has 16 heavy (non-hydrogen) atoms. The zero-order valence-electron chi connectivity index (χ0n) is 9.29. The van der Waals surface area contributed by atoms with E-state index in [0.717, 1.165) is 0 Å². The average Bonchev–Trinajstić information content (AvgIpc) is 2.57. The van der Waals surface area contributed by atoms with Gasteiger partial charge in [0.05, 0.1) is 6.61 Å². The topological polar surface area (TPSA) is 72.8 Å². The van der Waals surface area contributed by atoms with Crippen LogP contribution in [0.3, 0.4) is 0 Å². The molecular formula is C10H15BrO5. The van der Waals surface area contributed by atoms with Gasteiger partial charge in [0.2, 0.25) is 0 Å². The van der Waals surface area contributed by atoms with Crippen molar-refractivity contribution in [2.75, 3.05) is 13.2 Å². The van der Waals surface area contributed by atoms with Crippen molar-refractivity contribution in [3.8, 4) is 0 Å². The fraction of sp³-hybridized carbons (Fsp3) is 0.800. The molecule has 2 atom stereocenters. The van der Waals surface area contributed by atoms with Crippen molar-refractivity contribution in [2.45, 2.75) is 36.8 Å². The summed E-state index contributed by atoms with van der Waals surface area (Å²) in [6, 6.07) is 0. The first-order valence-electron chi connectivity index (χ1n) is 5.18. The summed E-state index contributed by atoms with van der Waals surface area (Å²) in [5.41, 5.74) is 0. The molecule has 0 radical (unpaired) electrons. The number of rotatable bonds is 5. The van der Waals surface area contributed by atoms with Gasteiger partial charge in [-0.25, -0.2) is 4.79 Å². The molecule has 0 bridgehead atoms. The lowest BCUT2D eigenvalue weighted by Gasteiger charge is -2.37. The number of carbonyl (C=O) groups is 2. The van der Waals surface area contributed by atoms with E-state index in [1.54, 1.807) is 13.8 Å². The lowest BCUT2D eigenvalue weighted by Crippen LogP contribution is -2.55. The van der Waals surface area contributed by atoms with Gasteiger partial charge in [-0.3, -0.25) is 4.79 Å². The highest BCUT2D eigenvalue weighted by atomic mass is 79.9. The Balaban J connectivity index is 3.08. The standard InChI is InChI=1S/C10H15BrO5/c1-3-10(15-4-2)9(11,5-6-16-10)7(12)8(13)14/h3-6H2,1-2H3,(H,13,14). The number of Topliss-reactive ketones (excluding diaryl/α,β-unsaturated/α-hetero) is 1. The van der Waals surface area contributed by atoms with Gasteiger partial charge in [0, 0.05) is 13.0 Å². The van der Waals surface area contributed by atoms with E-state index in [4.69, 9.17) is 14.6 Å². The molecule has 0 saturated carbocycles. The van der Waals surface area contributed by atoms with E-state index in [0.29, 0.717) is 26.1 Å². The Bertz CT molecular complexity index is 306. The van der Waals surface area contributed by atoms with E-state index < -0.39 is 21.9 Å². The molecule has 0 amide bonds. The number of ether oxygens (including phenoxy) is 2. The lowest BCUT2D eigenvalue weighted by atomic mass is 9.90. The Morgan fingerprint density at radius 3 is 2.56 bits per heavy atom. The van der Waals surface area contributed by atoms with Crippen LogP contribution in [-0.2, 0) is 19.1 Å². The largest absolute Gasteiger partial charge is 0.475 e. The van der Waals surface area contributed by atoms with Gasteiger partial charge in [-0.2, -0.15) is 0 Å². The Kier molecular flexibility index (Phi) is 4.09. The average molecular weight is 295 g/mol. The number of hydrogen-bond donors (Lipinski definition) is 1. The third-order valence-electron chi connectivity index (χ3n) is 2.78. The van der Waals surface area contributed by atoms with E-state index >= 15 is 0 Å². The van der Waals surface area contributed by atoms with Crippen LogP contribution in [0, 0.1) is 0 Å². The molecule has 0 aliphatic carbocycles. The molecule has 0 aromatic carbocycles. The van der Waals surface area contributed by atoms with Crippen molar-refractivity contribution in [2.24, 2.45) is 0 Å². The van der Waals surface area contributed by atoms with E-state index in [1.165, 1.54) is 0 Å². The van der Waals surface area contributed by atoms with Crippen LogP contribution in [0.15, 0.2) is 0 Å². The van der Waals surface area contributed by atoms with Crippen molar-refractivity contribution >= 4 is 27.7 Å². The number of halogens is 1. The number of ketones is 1. The fourth-order valence-corrected chi connectivity index (χ4v) is 2.83. The van der Waals surface area contributed by atoms with E-state index in [1.807, 2.05) is 0 Å². The smallest absolute Gasteiger partial charge is 0.373 e. The van der Waals surface area contributed by atoms with Crippen LogP contribution in [0.4, 0.5) is 0 Å². The molecule has 6 heteroatoms. The summed E-state index contributed by atoms with van der Waals surface area (Å²) in [6.45, 7) is 4.23. The number of alkyl halides is 1. The summed E-state index contributed by atoms with van der Waals surface area (Å²) in [5, 5.41) is 8.81. The molecule has 1 fully saturated rings. The molecule has 1 aliphatic heterocycles. The highest BCUT2D eigenvalue weighted by molar-refractivity contribution is 9.10. The third kappa shape index (κ3) is 1.89. The third-order valence-corrected chi connectivity index (χ3v) is 4.14. The molecular weight excluding hydrogens is 280 g/mol. The second-order valence-electron chi connectivity index (χ2n) is 3.57. The maximum atomic E-state index is 11.7. The Morgan fingerprint density at radius 2 is 2.12 bits per heavy atom. The minimum atomic E-state index is -1.47.